The number of carbonyl (C=O) groups excluding carboxylic acids is 2. The number of nitrogens with one attached hydrogen (secondary N) is 3. The summed E-state index contributed by atoms with van der Waals surface area (Å²) in [6, 6.07) is 13.1. The van der Waals surface area contributed by atoms with Crippen molar-refractivity contribution >= 4 is 40.4 Å². The predicted octanol–water partition coefficient (Wildman–Crippen LogP) is 5.71. The number of thioether (sulfide) groups is 1. The van der Waals surface area contributed by atoms with Gasteiger partial charge in [0, 0.05) is 29.2 Å². The van der Waals surface area contributed by atoms with Crippen LogP contribution in [0.3, 0.4) is 0 Å². The van der Waals surface area contributed by atoms with Crippen molar-refractivity contribution in [2.24, 2.45) is 0 Å². The summed E-state index contributed by atoms with van der Waals surface area (Å²) in [5, 5.41) is 15.3. The average molecular weight is 522 g/mol. The van der Waals surface area contributed by atoms with Crippen molar-refractivity contribution in [1.82, 2.24) is 20.5 Å². The molecule has 2 amide bonds. The highest BCUT2D eigenvalue weighted by Gasteiger charge is 2.26. The van der Waals surface area contributed by atoms with E-state index in [1.807, 2.05) is 62.5 Å². The van der Waals surface area contributed by atoms with Gasteiger partial charge in [-0.05, 0) is 57.4 Å². The molecule has 2 aromatic carbocycles. The molecule has 37 heavy (non-hydrogen) atoms. The Hall–Kier alpha value is -3.79. The van der Waals surface area contributed by atoms with Gasteiger partial charge in [-0.15, -0.1) is 10.2 Å². The first-order chi connectivity index (χ1) is 17.6. The zero-order valence-electron chi connectivity index (χ0n) is 21.5. The Kier molecular flexibility index (Phi) is 7.87. The zero-order valence-corrected chi connectivity index (χ0v) is 22.4. The lowest BCUT2D eigenvalue weighted by Gasteiger charge is -2.22. The minimum absolute atomic E-state index is 0.0992. The second kappa shape index (κ2) is 11.1. The van der Waals surface area contributed by atoms with Crippen LogP contribution < -0.4 is 10.6 Å². The number of benzene rings is 2. The van der Waals surface area contributed by atoms with Crippen molar-refractivity contribution in [3.63, 3.8) is 0 Å². The molecule has 0 spiro atoms. The smallest absolute Gasteiger partial charge is 0.408 e. The lowest BCUT2D eigenvalue weighted by atomic mass is 10.1. The van der Waals surface area contributed by atoms with Gasteiger partial charge in [0.05, 0.1) is 5.75 Å². The Bertz CT molecular complexity index is 1390. The molecule has 0 bridgehead atoms. The number of nitrogens with zero attached hydrogens (tertiary/aromatic N) is 2. The summed E-state index contributed by atoms with van der Waals surface area (Å²) in [6.07, 6.45) is 1.72. The fourth-order valence-corrected chi connectivity index (χ4v) is 4.47. The van der Waals surface area contributed by atoms with Crippen molar-refractivity contribution in [3.8, 4) is 0 Å². The van der Waals surface area contributed by atoms with Gasteiger partial charge in [-0.1, -0.05) is 48.2 Å². The number of carbonyl (C=O) groups is 2. The quantitative estimate of drug-likeness (QED) is 0.254. The van der Waals surface area contributed by atoms with E-state index in [0.717, 1.165) is 45.0 Å². The normalized spacial score (nSPS) is 12.4. The molecule has 0 saturated carbocycles. The molecule has 1 atom stereocenters. The molecular weight excluding hydrogens is 490 g/mol. The minimum atomic E-state index is -0.659. The van der Waals surface area contributed by atoms with Crippen molar-refractivity contribution in [2.45, 2.75) is 57.9 Å². The molecule has 0 aliphatic heterocycles. The molecule has 0 unspecified atom stereocenters. The fraction of sp³-hybridized carbons (Fsp3) is 0.333. The Labute approximate surface area is 219 Å². The third-order valence-corrected chi connectivity index (χ3v) is 6.40. The topological polar surface area (TPSA) is 122 Å². The van der Waals surface area contributed by atoms with Gasteiger partial charge in [0.2, 0.25) is 11.8 Å². The van der Waals surface area contributed by atoms with Gasteiger partial charge in [-0.25, -0.2) is 4.79 Å². The summed E-state index contributed by atoms with van der Waals surface area (Å²) in [7, 11) is 0. The number of hydrogen-bond acceptors (Lipinski definition) is 7. The van der Waals surface area contributed by atoms with E-state index in [-0.39, 0.29) is 22.8 Å². The molecule has 4 rings (SSSR count). The highest BCUT2D eigenvalue weighted by atomic mass is 32.2. The molecule has 2 aromatic heterocycles. The summed E-state index contributed by atoms with van der Waals surface area (Å²) in [5.74, 6) is 0.153. The molecule has 0 aliphatic rings. The number of hydrogen-bond donors (Lipinski definition) is 3. The van der Waals surface area contributed by atoms with E-state index < -0.39 is 17.7 Å². The highest BCUT2D eigenvalue weighted by Crippen LogP contribution is 2.27. The van der Waals surface area contributed by atoms with Crippen molar-refractivity contribution in [3.05, 3.63) is 71.2 Å². The van der Waals surface area contributed by atoms with Crippen LogP contribution in [0, 0.1) is 13.8 Å². The number of aromatic amines is 1. The van der Waals surface area contributed by atoms with Crippen LogP contribution in [0.4, 0.5) is 10.5 Å². The fourth-order valence-electron chi connectivity index (χ4n) is 3.90. The number of amides is 2. The molecule has 10 heteroatoms. The van der Waals surface area contributed by atoms with E-state index in [0.29, 0.717) is 6.42 Å². The first kappa shape index (κ1) is 26.3. The number of anilines is 1. The second-order valence-electron chi connectivity index (χ2n) is 9.77. The van der Waals surface area contributed by atoms with E-state index in [1.54, 1.807) is 20.8 Å². The lowest BCUT2D eigenvalue weighted by molar-refractivity contribution is -0.113. The van der Waals surface area contributed by atoms with E-state index in [9.17, 15) is 9.59 Å². The number of aromatic nitrogens is 3. The molecule has 0 fully saturated rings. The summed E-state index contributed by atoms with van der Waals surface area (Å²) in [6.45, 7) is 9.29. The van der Waals surface area contributed by atoms with Gasteiger partial charge in [0.25, 0.3) is 5.22 Å². The third kappa shape index (κ3) is 6.91. The third-order valence-electron chi connectivity index (χ3n) is 5.58. The van der Waals surface area contributed by atoms with Crippen molar-refractivity contribution < 1.29 is 18.7 Å². The van der Waals surface area contributed by atoms with Crippen LogP contribution >= 0.6 is 11.8 Å². The van der Waals surface area contributed by atoms with Crippen molar-refractivity contribution in [2.75, 3.05) is 11.1 Å². The number of fused-ring (bicyclic) bond motifs is 1. The van der Waals surface area contributed by atoms with Crippen LogP contribution in [-0.4, -0.2) is 38.5 Å². The van der Waals surface area contributed by atoms with Crippen LogP contribution in [0.1, 0.15) is 49.4 Å². The summed E-state index contributed by atoms with van der Waals surface area (Å²) < 4.78 is 11.3. The molecular formula is C27H31N5O4S. The van der Waals surface area contributed by atoms with Gasteiger partial charge >= 0.3 is 6.09 Å². The Balaban J connectivity index is 1.47. The Morgan fingerprint density at radius 3 is 2.54 bits per heavy atom. The van der Waals surface area contributed by atoms with E-state index in [4.69, 9.17) is 9.15 Å². The maximum absolute atomic E-state index is 12.6. The first-order valence-electron chi connectivity index (χ1n) is 12.0. The number of H-pyrrole nitrogens is 1. The van der Waals surface area contributed by atoms with Gasteiger partial charge in [-0.2, -0.15) is 0 Å². The van der Waals surface area contributed by atoms with Gasteiger partial charge in [-0.3, -0.25) is 4.79 Å². The minimum Gasteiger partial charge on any atom is -0.444 e. The van der Waals surface area contributed by atoms with Crippen LogP contribution in [0.15, 0.2) is 58.3 Å². The molecule has 0 saturated heterocycles. The van der Waals surface area contributed by atoms with Gasteiger partial charge < -0.3 is 24.8 Å². The van der Waals surface area contributed by atoms with Crippen LogP contribution in [0.25, 0.3) is 10.9 Å². The standard InChI is InChI=1S/C27H31N5O4S/c1-16-9-8-10-17(2)23(16)30-22(33)15-37-26-32-31-24(35-26)21(29-25(34)36-27(3,4)5)13-18-14-28-20-12-7-6-11-19(18)20/h6-12,14,21,28H,13,15H2,1-5H3,(H,29,34)(H,30,33)/t21-/m1/s1. The molecule has 4 aromatic rings. The first-order valence-corrected chi connectivity index (χ1v) is 12.9. The molecule has 9 nitrogen and oxygen atoms in total. The molecule has 0 aliphatic carbocycles. The van der Waals surface area contributed by atoms with E-state index >= 15 is 0 Å². The number of aryl methyl sites for hydroxylation is 2. The maximum Gasteiger partial charge on any atom is 0.408 e. The second-order valence-corrected chi connectivity index (χ2v) is 10.7. The van der Waals surface area contributed by atoms with Crippen LogP contribution in [0.2, 0.25) is 0 Å². The van der Waals surface area contributed by atoms with Gasteiger partial charge in [0.1, 0.15) is 11.6 Å². The SMILES string of the molecule is Cc1cccc(C)c1NC(=O)CSc1nnc([C@@H](Cc2c[nH]c3ccccc23)NC(=O)OC(C)(C)C)o1. The zero-order chi connectivity index (χ0) is 26.6. The van der Waals surface area contributed by atoms with Crippen LogP contribution in [0.5, 0.6) is 0 Å². The molecule has 3 N–H and O–H groups in total. The Morgan fingerprint density at radius 2 is 1.81 bits per heavy atom. The number of para-hydroxylation sites is 2. The number of ether oxygens (including phenoxy) is 1. The summed E-state index contributed by atoms with van der Waals surface area (Å²) in [4.78, 5) is 28.4. The number of rotatable bonds is 8. The largest absolute Gasteiger partial charge is 0.444 e. The predicted molar refractivity (Wildman–Crippen MR) is 144 cm³/mol. The monoisotopic (exact) mass is 521 g/mol. The summed E-state index contributed by atoms with van der Waals surface area (Å²) in [5.41, 5.74) is 4.11. The van der Waals surface area contributed by atoms with Crippen LogP contribution in [-0.2, 0) is 16.0 Å². The maximum atomic E-state index is 12.6. The van der Waals surface area contributed by atoms with E-state index in [2.05, 4.69) is 25.8 Å². The van der Waals surface area contributed by atoms with Crippen molar-refractivity contribution in [1.29, 1.82) is 0 Å². The average Bonchev–Trinajstić information content (AvgIpc) is 3.46. The molecule has 0 radical (unpaired) electrons. The lowest BCUT2D eigenvalue weighted by Crippen LogP contribution is -2.36. The highest BCUT2D eigenvalue weighted by molar-refractivity contribution is 7.99. The Morgan fingerprint density at radius 1 is 1.08 bits per heavy atom. The molecule has 194 valence electrons. The molecule has 2 heterocycles. The van der Waals surface area contributed by atoms with Gasteiger partial charge in [0.15, 0.2) is 0 Å². The summed E-state index contributed by atoms with van der Waals surface area (Å²) >= 11 is 1.13. The number of alkyl carbamates (subject to hydrolysis) is 1. The van der Waals surface area contributed by atoms with E-state index in [1.165, 1.54) is 0 Å².